The van der Waals surface area contributed by atoms with E-state index in [9.17, 15) is 53.4 Å². The van der Waals surface area contributed by atoms with Gasteiger partial charge in [-0.1, -0.05) is 13.8 Å². The largest absolute Gasteiger partial charge is 0.481 e. The summed E-state index contributed by atoms with van der Waals surface area (Å²) in [5.74, 6) is -9.47. The molecule has 18 heteroatoms. The number of hydrogen-bond donors (Lipinski definition) is 9. The summed E-state index contributed by atoms with van der Waals surface area (Å²) in [6.45, 7) is 3.60. The van der Waals surface area contributed by atoms with Crippen molar-refractivity contribution in [2.24, 2.45) is 5.92 Å². The Bertz CT molecular complexity index is 1030. The summed E-state index contributed by atoms with van der Waals surface area (Å²) < 4.78 is 0. The smallest absolute Gasteiger partial charge is 0.305 e. The highest BCUT2D eigenvalue weighted by Crippen LogP contribution is 2.07. The van der Waals surface area contributed by atoms with E-state index in [4.69, 9.17) is 10.2 Å². The quantitative estimate of drug-likeness (QED) is 0.0611. The molecule has 0 aliphatic heterocycles. The first-order chi connectivity index (χ1) is 19.5. The molecule has 0 aromatic rings. The van der Waals surface area contributed by atoms with Gasteiger partial charge in [0.15, 0.2) is 0 Å². The van der Waals surface area contributed by atoms with Crippen LogP contribution in [0.2, 0.25) is 0 Å². The molecule has 0 fully saturated rings. The van der Waals surface area contributed by atoms with Crippen molar-refractivity contribution in [1.29, 1.82) is 0 Å². The first-order valence-corrected chi connectivity index (χ1v) is 12.7. The van der Waals surface area contributed by atoms with Crippen LogP contribution in [0.3, 0.4) is 0 Å². The van der Waals surface area contributed by atoms with E-state index in [0.29, 0.717) is 0 Å². The van der Waals surface area contributed by atoms with Crippen LogP contribution in [0, 0.1) is 5.92 Å². The number of carbonyl (C=O) groups is 9. The van der Waals surface area contributed by atoms with Crippen molar-refractivity contribution >= 4 is 53.7 Å². The zero-order valence-corrected chi connectivity index (χ0v) is 23.2. The zero-order valence-electron chi connectivity index (χ0n) is 23.2. The van der Waals surface area contributed by atoms with Gasteiger partial charge in [-0.25, -0.2) is 0 Å². The molecule has 0 bridgehead atoms. The number of carboxylic acid groups (broad SMARTS) is 3. The van der Waals surface area contributed by atoms with Gasteiger partial charge in [0.25, 0.3) is 0 Å². The van der Waals surface area contributed by atoms with Gasteiger partial charge in [-0.3, -0.25) is 38.4 Å². The molecule has 18 nitrogen and oxygen atoms in total. The van der Waals surface area contributed by atoms with E-state index < -0.39 is 110 Å². The fourth-order valence-corrected chi connectivity index (χ4v) is 3.48. The van der Waals surface area contributed by atoms with Gasteiger partial charge in [0.05, 0.1) is 25.5 Å². The molecule has 5 atom stereocenters. The predicted octanol–water partition coefficient (Wildman–Crippen LogP) is -3.52. The molecule has 0 aromatic heterocycles. The molecule has 0 spiro atoms. The SMILES string of the molecule is CC(=O)N[C@@H](CC(C)C)C(=O)N[C@@H](CC(=O)O)C(=O)N[C@@H](CCC(=O)O)C(=O)N[C@@H](CO)C(=O)N[C@H](C=O)CC(=O)O. The van der Waals surface area contributed by atoms with Crippen molar-refractivity contribution in [2.75, 3.05) is 6.61 Å². The fourth-order valence-electron chi connectivity index (χ4n) is 3.48. The fraction of sp³-hybridized carbons (Fsp3) is 0.625. The second-order valence-electron chi connectivity index (χ2n) is 9.63. The van der Waals surface area contributed by atoms with E-state index in [2.05, 4.69) is 16.0 Å². The lowest BCUT2D eigenvalue weighted by atomic mass is 10.0. The molecule has 0 aromatic carbocycles. The number of rotatable bonds is 20. The van der Waals surface area contributed by atoms with Crippen molar-refractivity contribution in [3.8, 4) is 0 Å². The highest BCUT2D eigenvalue weighted by Gasteiger charge is 2.33. The Morgan fingerprint density at radius 2 is 1.12 bits per heavy atom. The van der Waals surface area contributed by atoms with Crippen LogP contribution in [0.1, 0.15) is 52.9 Å². The molecule has 9 N–H and O–H groups in total. The Balaban J connectivity index is 5.87. The van der Waals surface area contributed by atoms with E-state index in [1.54, 1.807) is 13.8 Å². The standard InChI is InChI=1S/C24H37N5O13/c1-11(2)6-15(25-12(3)32)22(40)28-16(8-20(37)38)23(41)27-14(4-5-18(33)34)21(39)29-17(10-31)24(42)26-13(9-30)7-19(35)36/h9,11,13-17,31H,4-8,10H2,1-3H3,(H,25,32)(H,26,42)(H,27,41)(H,28,40)(H,29,39)(H,33,34)(H,35,36)(H,37,38)/t13-,14-,15-,16-,17-/m0/s1. The molecule has 236 valence electrons. The van der Waals surface area contributed by atoms with E-state index in [1.165, 1.54) is 0 Å². The normalized spacial score (nSPS) is 14.2. The molecule has 0 rings (SSSR count). The summed E-state index contributed by atoms with van der Waals surface area (Å²) in [6, 6.07) is -7.88. The molecule has 5 amide bonds. The number of carboxylic acids is 3. The van der Waals surface area contributed by atoms with Crippen LogP contribution < -0.4 is 26.6 Å². The highest BCUT2D eigenvalue weighted by molar-refractivity contribution is 5.97. The molecule has 0 aliphatic carbocycles. The Morgan fingerprint density at radius 1 is 0.643 bits per heavy atom. The van der Waals surface area contributed by atoms with Crippen molar-refractivity contribution in [2.45, 2.75) is 83.1 Å². The second kappa shape index (κ2) is 18.7. The number of aliphatic carboxylic acids is 3. The summed E-state index contributed by atoms with van der Waals surface area (Å²) in [4.78, 5) is 107. The van der Waals surface area contributed by atoms with Gasteiger partial charge in [0.1, 0.15) is 30.5 Å². The lowest BCUT2D eigenvalue weighted by Crippen LogP contribution is -2.59. The third kappa shape index (κ3) is 15.2. The van der Waals surface area contributed by atoms with Crippen molar-refractivity contribution in [3.05, 3.63) is 0 Å². The monoisotopic (exact) mass is 603 g/mol. The lowest BCUT2D eigenvalue weighted by Gasteiger charge is -2.26. The Labute approximate surface area is 240 Å². The zero-order chi connectivity index (χ0) is 32.6. The molecular weight excluding hydrogens is 566 g/mol. The molecule has 0 radical (unpaired) electrons. The van der Waals surface area contributed by atoms with Crippen LogP contribution in [0.25, 0.3) is 0 Å². The van der Waals surface area contributed by atoms with Crippen LogP contribution >= 0.6 is 0 Å². The third-order valence-electron chi connectivity index (χ3n) is 5.39. The minimum Gasteiger partial charge on any atom is -0.481 e. The highest BCUT2D eigenvalue weighted by atomic mass is 16.4. The number of aliphatic hydroxyl groups excluding tert-OH is 1. The van der Waals surface area contributed by atoms with Gasteiger partial charge in [0.2, 0.25) is 29.5 Å². The summed E-state index contributed by atoms with van der Waals surface area (Å²) in [5.41, 5.74) is 0. The molecule has 0 aliphatic rings. The molecule has 42 heavy (non-hydrogen) atoms. The number of carbonyl (C=O) groups excluding carboxylic acids is 6. The average Bonchev–Trinajstić information content (AvgIpc) is 2.86. The predicted molar refractivity (Wildman–Crippen MR) is 139 cm³/mol. The molecule has 0 unspecified atom stereocenters. The number of amides is 5. The maximum absolute atomic E-state index is 13.0. The second-order valence-corrected chi connectivity index (χ2v) is 9.63. The molecule has 0 heterocycles. The van der Waals surface area contributed by atoms with Gasteiger partial charge in [-0.2, -0.15) is 0 Å². The molecular formula is C24H37N5O13. The number of hydrogen-bond acceptors (Lipinski definition) is 10. The average molecular weight is 604 g/mol. The summed E-state index contributed by atoms with van der Waals surface area (Å²) in [6.07, 6.45) is -2.76. The van der Waals surface area contributed by atoms with E-state index >= 15 is 0 Å². The van der Waals surface area contributed by atoms with E-state index in [1.807, 2.05) is 10.6 Å². The van der Waals surface area contributed by atoms with Crippen molar-refractivity contribution < 1.29 is 63.6 Å². The Kier molecular flexibility index (Phi) is 16.6. The van der Waals surface area contributed by atoms with Gasteiger partial charge in [-0.05, 0) is 18.8 Å². The summed E-state index contributed by atoms with van der Waals surface area (Å²) in [5, 5.41) is 47.4. The minimum atomic E-state index is -1.78. The van der Waals surface area contributed by atoms with Crippen molar-refractivity contribution in [1.82, 2.24) is 26.6 Å². The van der Waals surface area contributed by atoms with Crippen LogP contribution in [0.5, 0.6) is 0 Å². The van der Waals surface area contributed by atoms with Crippen molar-refractivity contribution in [3.63, 3.8) is 0 Å². The van der Waals surface area contributed by atoms with E-state index in [-0.39, 0.29) is 18.6 Å². The number of nitrogens with one attached hydrogen (secondary N) is 5. The van der Waals surface area contributed by atoms with Crippen LogP contribution in [-0.4, -0.2) is 111 Å². The number of aliphatic hydroxyl groups is 1. The van der Waals surface area contributed by atoms with Gasteiger partial charge >= 0.3 is 17.9 Å². The van der Waals surface area contributed by atoms with Gasteiger partial charge in [0, 0.05) is 13.3 Å². The summed E-state index contributed by atoms with van der Waals surface area (Å²) >= 11 is 0. The number of aldehydes is 1. The summed E-state index contributed by atoms with van der Waals surface area (Å²) in [7, 11) is 0. The Hall–Kier alpha value is -4.61. The maximum atomic E-state index is 13.0. The third-order valence-corrected chi connectivity index (χ3v) is 5.39. The first kappa shape index (κ1) is 37.4. The topological polar surface area (TPSA) is 295 Å². The maximum Gasteiger partial charge on any atom is 0.305 e. The minimum absolute atomic E-state index is 0.0916. The van der Waals surface area contributed by atoms with Gasteiger partial charge < -0.3 is 51.8 Å². The van der Waals surface area contributed by atoms with Crippen LogP contribution in [0.15, 0.2) is 0 Å². The first-order valence-electron chi connectivity index (χ1n) is 12.7. The molecule has 0 saturated heterocycles. The van der Waals surface area contributed by atoms with Crippen LogP contribution in [0.4, 0.5) is 0 Å². The van der Waals surface area contributed by atoms with Crippen LogP contribution in [-0.2, 0) is 43.2 Å². The lowest BCUT2D eigenvalue weighted by molar-refractivity contribution is -0.142. The Morgan fingerprint density at radius 3 is 1.57 bits per heavy atom. The molecule has 0 saturated carbocycles. The van der Waals surface area contributed by atoms with E-state index in [0.717, 1.165) is 6.92 Å². The van der Waals surface area contributed by atoms with Gasteiger partial charge in [-0.15, -0.1) is 0 Å².